The second-order valence-corrected chi connectivity index (χ2v) is 5.96. The van der Waals surface area contributed by atoms with E-state index in [0.717, 1.165) is 15.9 Å². The number of imide groups is 1. The van der Waals surface area contributed by atoms with Crippen LogP contribution in [0.1, 0.15) is 0 Å². The second kappa shape index (κ2) is 6.49. The highest BCUT2D eigenvalue weighted by molar-refractivity contribution is 6.00. The zero-order chi connectivity index (χ0) is 15.5. The van der Waals surface area contributed by atoms with Crippen LogP contribution in [0, 0.1) is 0 Å². The van der Waals surface area contributed by atoms with Gasteiger partial charge in [-0.1, -0.05) is 6.67 Å². The molecular formula is C12H25N5O3. The molecule has 2 aliphatic rings. The molecule has 2 atom stereocenters. The molecule has 0 saturated carbocycles. The van der Waals surface area contributed by atoms with E-state index in [9.17, 15) is 9.59 Å². The van der Waals surface area contributed by atoms with Gasteiger partial charge >= 0.3 is 6.03 Å². The first-order valence-electron chi connectivity index (χ1n) is 6.54. The molecule has 20 heavy (non-hydrogen) atoms. The summed E-state index contributed by atoms with van der Waals surface area (Å²) in [5, 5.41) is 15.4. The first kappa shape index (κ1) is 16.8. The lowest BCUT2D eigenvalue weighted by Crippen LogP contribution is -2.62. The van der Waals surface area contributed by atoms with Crippen LogP contribution in [0.3, 0.4) is 0 Å². The molecule has 8 nitrogen and oxygen atoms in total. The second-order valence-electron chi connectivity index (χ2n) is 5.96. The van der Waals surface area contributed by atoms with E-state index in [4.69, 9.17) is 5.11 Å². The fourth-order valence-corrected chi connectivity index (χ4v) is 1.97. The Morgan fingerprint density at radius 3 is 2.40 bits per heavy atom. The van der Waals surface area contributed by atoms with Crippen LogP contribution in [0.4, 0.5) is 4.79 Å². The lowest BCUT2D eigenvalue weighted by atomic mass is 10.1. The van der Waals surface area contributed by atoms with Crippen LogP contribution in [0.25, 0.3) is 5.32 Å². The van der Waals surface area contributed by atoms with Crippen molar-refractivity contribution >= 4 is 11.9 Å². The summed E-state index contributed by atoms with van der Waals surface area (Å²) in [5.74, 6) is -0.200. The summed E-state index contributed by atoms with van der Waals surface area (Å²) in [6.07, 6.45) is -0.323. The summed E-state index contributed by atoms with van der Waals surface area (Å²) in [6.45, 7) is 1.55. The monoisotopic (exact) mass is 287 g/mol. The Hall–Kier alpha value is -1.22. The molecule has 2 heterocycles. The molecule has 3 amide bonds. The fraction of sp³-hybridized carbons (Fsp3) is 0.833. The minimum atomic E-state index is -0.354. The normalized spacial score (nSPS) is 26.3. The quantitative estimate of drug-likeness (QED) is 0.626. The van der Waals surface area contributed by atoms with Crippen LogP contribution in [0.15, 0.2) is 0 Å². The predicted octanol–water partition coefficient (Wildman–Crippen LogP) is -1.18. The molecule has 2 N–H and O–H groups in total. The van der Waals surface area contributed by atoms with Crippen molar-refractivity contribution in [1.29, 1.82) is 0 Å². The minimum absolute atomic E-state index is 0.200. The topological polar surface area (TPSA) is 87.0 Å². The number of hydrogen-bond donors (Lipinski definition) is 2. The first-order valence-corrected chi connectivity index (χ1v) is 6.54. The molecule has 0 aromatic carbocycles. The van der Waals surface area contributed by atoms with Gasteiger partial charge in [0.2, 0.25) is 5.91 Å². The lowest BCUT2D eigenvalue weighted by Gasteiger charge is -2.43. The molecule has 116 valence electrons. The minimum Gasteiger partial charge on any atom is -0.628 e. The van der Waals surface area contributed by atoms with Gasteiger partial charge in [-0.05, 0) is 6.17 Å². The van der Waals surface area contributed by atoms with Crippen LogP contribution in [0.5, 0.6) is 0 Å². The van der Waals surface area contributed by atoms with E-state index in [1.165, 1.54) is 11.9 Å². The summed E-state index contributed by atoms with van der Waals surface area (Å²) in [4.78, 5) is 25.5. The van der Waals surface area contributed by atoms with Gasteiger partial charge in [0.1, 0.15) is 6.54 Å². The van der Waals surface area contributed by atoms with Crippen molar-refractivity contribution in [3.05, 3.63) is 5.32 Å². The molecule has 0 bridgehead atoms. The van der Waals surface area contributed by atoms with Crippen LogP contribution >= 0.6 is 0 Å². The standard InChI is InChI=1S/C7H11N4O2.C5H14NO/c1-10-5-4(8-3-9-5)6(12)11(2)7(10)13;1-6(2,3)4-5-7/h4-5,8H,3H2,1-2H3;7H,4-5H2,1-3H3/q-1;+1. The van der Waals surface area contributed by atoms with E-state index in [0.29, 0.717) is 6.67 Å². The number of quaternary nitrogens is 1. The lowest BCUT2D eigenvalue weighted by molar-refractivity contribution is -0.870. The highest BCUT2D eigenvalue weighted by Gasteiger charge is 2.39. The molecule has 0 radical (unpaired) electrons. The van der Waals surface area contributed by atoms with Crippen LogP contribution in [0.2, 0.25) is 0 Å². The third-order valence-electron chi connectivity index (χ3n) is 3.24. The Bertz CT molecular complexity index is 369. The Morgan fingerprint density at radius 1 is 1.35 bits per heavy atom. The number of carbonyl (C=O) groups is 2. The van der Waals surface area contributed by atoms with Gasteiger partial charge in [-0.15, -0.1) is 0 Å². The molecule has 8 heteroatoms. The third kappa shape index (κ3) is 3.89. The molecule has 0 aliphatic carbocycles. The number of rotatable bonds is 2. The van der Waals surface area contributed by atoms with E-state index in [1.54, 1.807) is 7.05 Å². The number of amides is 3. The van der Waals surface area contributed by atoms with Crippen molar-refractivity contribution in [3.63, 3.8) is 0 Å². The SMILES string of the molecule is CN1C(=O)C2NC[N-]C2N(C)C1=O.C[N+](C)(C)CCO. The number of nitrogens with one attached hydrogen (secondary N) is 1. The van der Waals surface area contributed by atoms with Gasteiger partial charge in [0.05, 0.1) is 33.8 Å². The molecule has 2 aliphatic heterocycles. The van der Waals surface area contributed by atoms with E-state index >= 15 is 0 Å². The summed E-state index contributed by atoms with van der Waals surface area (Å²) < 4.78 is 0.844. The van der Waals surface area contributed by atoms with Gasteiger partial charge in [-0.2, -0.15) is 0 Å². The first-order chi connectivity index (χ1) is 9.19. The number of hydrogen-bond acceptors (Lipinski definition) is 4. The molecule has 2 saturated heterocycles. The van der Waals surface area contributed by atoms with Gasteiger partial charge in [0.25, 0.3) is 0 Å². The van der Waals surface area contributed by atoms with E-state index in [1.807, 2.05) is 0 Å². The molecule has 0 spiro atoms. The third-order valence-corrected chi connectivity index (χ3v) is 3.24. The van der Waals surface area contributed by atoms with E-state index in [-0.39, 0.29) is 30.8 Å². The predicted molar refractivity (Wildman–Crippen MR) is 74.9 cm³/mol. The van der Waals surface area contributed by atoms with Crippen molar-refractivity contribution < 1.29 is 19.2 Å². The molecule has 0 aromatic rings. The molecule has 0 aromatic heterocycles. The number of fused-ring (bicyclic) bond motifs is 1. The van der Waals surface area contributed by atoms with Crippen LogP contribution in [-0.4, -0.2) is 98.6 Å². The van der Waals surface area contributed by atoms with Crippen molar-refractivity contribution in [2.75, 3.05) is 55.1 Å². The Balaban J connectivity index is 0.000000246. The van der Waals surface area contributed by atoms with Gasteiger partial charge in [-0.3, -0.25) is 9.69 Å². The number of likely N-dealkylation sites (N-methyl/N-ethyl adjacent to an activating group) is 3. The highest BCUT2D eigenvalue weighted by Crippen LogP contribution is 2.23. The van der Waals surface area contributed by atoms with Gasteiger partial charge < -0.3 is 25.1 Å². The smallest absolute Gasteiger partial charge is 0.324 e. The maximum absolute atomic E-state index is 11.5. The van der Waals surface area contributed by atoms with Gasteiger partial charge in [0.15, 0.2) is 0 Å². The number of aliphatic hydroxyl groups excluding tert-OH is 1. The van der Waals surface area contributed by atoms with Crippen molar-refractivity contribution in [2.24, 2.45) is 0 Å². The number of carbonyl (C=O) groups excluding carboxylic acids is 2. The molecule has 2 unspecified atom stereocenters. The summed E-state index contributed by atoms with van der Waals surface area (Å²) in [7, 11) is 9.29. The summed E-state index contributed by atoms with van der Waals surface area (Å²) in [6, 6.07) is -0.647. The molecular weight excluding hydrogens is 262 g/mol. The summed E-state index contributed by atoms with van der Waals surface area (Å²) in [5.41, 5.74) is 0. The van der Waals surface area contributed by atoms with Crippen molar-refractivity contribution in [3.8, 4) is 0 Å². The van der Waals surface area contributed by atoms with E-state index < -0.39 is 0 Å². The average Bonchev–Trinajstić information content (AvgIpc) is 2.82. The largest absolute Gasteiger partial charge is 0.628 e. The fourth-order valence-electron chi connectivity index (χ4n) is 1.97. The molecule has 2 fully saturated rings. The average molecular weight is 287 g/mol. The van der Waals surface area contributed by atoms with Crippen molar-refractivity contribution in [2.45, 2.75) is 12.2 Å². The zero-order valence-electron chi connectivity index (χ0n) is 12.8. The van der Waals surface area contributed by atoms with E-state index in [2.05, 4.69) is 31.8 Å². The van der Waals surface area contributed by atoms with Crippen LogP contribution in [-0.2, 0) is 4.79 Å². The maximum atomic E-state index is 11.5. The van der Waals surface area contributed by atoms with Gasteiger partial charge in [-0.25, -0.2) is 4.79 Å². The number of aliphatic hydroxyl groups is 1. The number of urea groups is 1. The van der Waals surface area contributed by atoms with Gasteiger partial charge in [0, 0.05) is 14.1 Å². The van der Waals surface area contributed by atoms with Crippen LogP contribution < -0.4 is 5.32 Å². The number of nitrogens with zero attached hydrogens (tertiary/aromatic N) is 4. The Kier molecular flexibility index (Phi) is 5.46. The maximum Gasteiger partial charge on any atom is 0.324 e. The highest BCUT2D eigenvalue weighted by atomic mass is 16.3. The van der Waals surface area contributed by atoms with Crippen molar-refractivity contribution in [1.82, 2.24) is 15.1 Å². The molecule has 2 rings (SSSR count). The Labute approximate surface area is 119 Å². The summed E-state index contributed by atoms with van der Waals surface area (Å²) >= 11 is 0. The Morgan fingerprint density at radius 2 is 1.95 bits per heavy atom. The zero-order valence-corrected chi connectivity index (χ0v) is 12.8.